The van der Waals surface area contributed by atoms with Gasteiger partial charge in [-0.1, -0.05) is 19.1 Å². The maximum absolute atomic E-state index is 12.2. The Hall–Kier alpha value is -1.39. The van der Waals surface area contributed by atoms with Crippen molar-refractivity contribution >= 4 is 11.6 Å². The number of piperazine rings is 1. The van der Waals surface area contributed by atoms with Crippen molar-refractivity contribution in [1.82, 2.24) is 10.2 Å². The summed E-state index contributed by atoms with van der Waals surface area (Å²) in [6.45, 7) is 4.27. The Kier molecular flexibility index (Phi) is 4.56. The summed E-state index contributed by atoms with van der Waals surface area (Å²) in [5, 5.41) is 3.19. The minimum absolute atomic E-state index is 0.180. The molecule has 2 rings (SSSR count). The van der Waals surface area contributed by atoms with Crippen molar-refractivity contribution in [3.63, 3.8) is 0 Å². The molecule has 1 unspecified atom stereocenters. The maximum Gasteiger partial charge on any atom is 0.241 e. The van der Waals surface area contributed by atoms with E-state index < -0.39 is 0 Å². The summed E-state index contributed by atoms with van der Waals surface area (Å²) in [6, 6.07) is 8.69. The van der Waals surface area contributed by atoms with Gasteiger partial charge in [0, 0.05) is 24.8 Å². The number of nitrogens with one attached hydrogen (secondary N) is 1. The van der Waals surface area contributed by atoms with Gasteiger partial charge in [-0.2, -0.15) is 0 Å². The van der Waals surface area contributed by atoms with E-state index in [4.69, 9.17) is 0 Å². The summed E-state index contributed by atoms with van der Waals surface area (Å²) in [4.78, 5) is 16.2. The number of amides is 1. The van der Waals surface area contributed by atoms with Crippen LogP contribution >= 0.6 is 0 Å². The second-order valence-corrected chi connectivity index (χ2v) is 5.15. The van der Waals surface area contributed by atoms with E-state index in [9.17, 15) is 4.79 Å². The van der Waals surface area contributed by atoms with Gasteiger partial charge in [0.15, 0.2) is 0 Å². The monoisotopic (exact) mass is 261 g/mol. The molecule has 1 aromatic rings. The second kappa shape index (κ2) is 6.17. The molecule has 0 saturated carbocycles. The van der Waals surface area contributed by atoms with E-state index in [1.807, 2.05) is 19.0 Å². The Balaban J connectivity index is 2.14. The lowest BCUT2D eigenvalue weighted by Gasteiger charge is -2.39. The third-order valence-electron chi connectivity index (χ3n) is 3.80. The first kappa shape index (κ1) is 14.0. The van der Waals surface area contributed by atoms with Crippen LogP contribution < -0.4 is 10.2 Å². The van der Waals surface area contributed by atoms with Crippen molar-refractivity contribution in [2.45, 2.75) is 19.4 Å². The molecule has 4 nitrogen and oxygen atoms in total. The maximum atomic E-state index is 12.2. The fraction of sp³-hybridized carbons (Fsp3) is 0.533. The number of carbonyl (C=O) groups is 1. The van der Waals surface area contributed by atoms with Crippen LogP contribution in [-0.2, 0) is 11.2 Å². The number of benzene rings is 1. The zero-order valence-electron chi connectivity index (χ0n) is 12.0. The summed E-state index contributed by atoms with van der Waals surface area (Å²) in [7, 11) is 3.96. The molecule has 1 heterocycles. The van der Waals surface area contributed by atoms with Gasteiger partial charge in [-0.05, 0) is 38.2 Å². The Morgan fingerprint density at radius 3 is 2.58 bits per heavy atom. The first-order valence-electron chi connectivity index (χ1n) is 6.89. The van der Waals surface area contributed by atoms with Crippen molar-refractivity contribution in [3.05, 3.63) is 29.8 Å². The molecule has 104 valence electrons. The summed E-state index contributed by atoms with van der Waals surface area (Å²) in [6.07, 6.45) is 1.03. The van der Waals surface area contributed by atoms with E-state index in [-0.39, 0.29) is 5.91 Å². The fourth-order valence-electron chi connectivity index (χ4n) is 2.50. The lowest BCUT2D eigenvalue weighted by Crippen LogP contribution is -2.57. The van der Waals surface area contributed by atoms with E-state index in [2.05, 4.69) is 41.4 Å². The van der Waals surface area contributed by atoms with Crippen molar-refractivity contribution in [2.75, 3.05) is 38.6 Å². The summed E-state index contributed by atoms with van der Waals surface area (Å²) in [5.74, 6) is 0.180. The lowest BCUT2D eigenvalue weighted by atomic mass is 10.1. The van der Waals surface area contributed by atoms with Crippen molar-refractivity contribution in [2.24, 2.45) is 0 Å². The van der Waals surface area contributed by atoms with Gasteiger partial charge in [-0.3, -0.25) is 9.69 Å². The molecule has 1 aromatic carbocycles. The molecule has 0 bridgehead atoms. The molecule has 0 aliphatic carbocycles. The molecule has 1 fully saturated rings. The minimum Gasteiger partial charge on any atom is -0.318 e. The standard InChI is InChI=1S/C15H23N3O/c1-4-12-5-7-13(8-6-12)18-10-14(9-16-2)17(3)11-15(18)19/h5-8,14,16H,4,9-11H2,1-3H3. The number of anilines is 1. The predicted molar refractivity (Wildman–Crippen MR) is 78.5 cm³/mol. The highest BCUT2D eigenvalue weighted by Gasteiger charge is 2.29. The Morgan fingerprint density at radius 1 is 1.32 bits per heavy atom. The normalized spacial score (nSPS) is 20.9. The molecule has 1 N–H and O–H groups in total. The van der Waals surface area contributed by atoms with Gasteiger partial charge in [-0.15, -0.1) is 0 Å². The van der Waals surface area contributed by atoms with Crippen LogP contribution in [-0.4, -0.2) is 50.6 Å². The smallest absolute Gasteiger partial charge is 0.241 e. The zero-order valence-corrected chi connectivity index (χ0v) is 12.0. The highest BCUT2D eigenvalue weighted by Crippen LogP contribution is 2.20. The topological polar surface area (TPSA) is 35.6 Å². The van der Waals surface area contributed by atoms with Crippen LogP contribution in [0.15, 0.2) is 24.3 Å². The summed E-state index contributed by atoms with van der Waals surface area (Å²) < 4.78 is 0. The number of hydrogen-bond donors (Lipinski definition) is 1. The molecule has 19 heavy (non-hydrogen) atoms. The van der Waals surface area contributed by atoms with Gasteiger partial charge in [0.1, 0.15) is 0 Å². The molecule has 1 amide bonds. The predicted octanol–water partition coefficient (Wildman–Crippen LogP) is 1.12. The highest BCUT2D eigenvalue weighted by atomic mass is 16.2. The summed E-state index contributed by atoms with van der Waals surface area (Å²) >= 11 is 0. The van der Waals surface area contributed by atoms with E-state index in [1.165, 1.54) is 5.56 Å². The lowest BCUT2D eigenvalue weighted by molar-refractivity contribution is -0.121. The number of rotatable bonds is 4. The van der Waals surface area contributed by atoms with Crippen molar-refractivity contribution < 1.29 is 4.79 Å². The van der Waals surface area contributed by atoms with Crippen LogP contribution in [0.25, 0.3) is 0 Å². The Labute approximate surface area is 115 Å². The van der Waals surface area contributed by atoms with Crippen LogP contribution in [0, 0.1) is 0 Å². The van der Waals surface area contributed by atoms with Gasteiger partial charge in [0.25, 0.3) is 0 Å². The quantitative estimate of drug-likeness (QED) is 0.882. The van der Waals surface area contributed by atoms with Crippen LogP contribution in [0.4, 0.5) is 5.69 Å². The van der Waals surface area contributed by atoms with Gasteiger partial charge in [-0.25, -0.2) is 0 Å². The molecule has 1 saturated heterocycles. The number of nitrogens with zero attached hydrogens (tertiary/aromatic N) is 2. The molecule has 1 aliphatic heterocycles. The second-order valence-electron chi connectivity index (χ2n) is 5.15. The fourth-order valence-corrected chi connectivity index (χ4v) is 2.50. The third kappa shape index (κ3) is 3.14. The number of carbonyl (C=O) groups excluding carboxylic acids is 1. The molecule has 1 aliphatic rings. The van der Waals surface area contributed by atoms with E-state index in [1.54, 1.807) is 0 Å². The van der Waals surface area contributed by atoms with E-state index >= 15 is 0 Å². The van der Waals surface area contributed by atoms with Crippen LogP contribution in [0.2, 0.25) is 0 Å². The molecular weight excluding hydrogens is 238 g/mol. The molecule has 4 heteroatoms. The van der Waals surface area contributed by atoms with Gasteiger partial charge in [0.2, 0.25) is 5.91 Å². The first-order chi connectivity index (χ1) is 9.15. The van der Waals surface area contributed by atoms with Crippen LogP contribution in [0.3, 0.4) is 0 Å². The molecule has 0 radical (unpaired) electrons. The molecule has 0 spiro atoms. The van der Waals surface area contributed by atoms with Gasteiger partial charge in [0.05, 0.1) is 6.54 Å². The zero-order chi connectivity index (χ0) is 13.8. The Morgan fingerprint density at radius 2 is 2.00 bits per heavy atom. The van der Waals surface area contributed by atoms with E-state index in [0.29, 0.717) is 12.6 Å². The summed E-state index contributed by atoms with van der Waals surface area (Å²) in [5.41, 5.74) is 2.31. The number of aryl methyl sites for hydroxylation is 1. The molecule has 1 atom stereocenters. The van der Waals surface area contributed by atoms with Crippen LogP contribution in [0.5, 0.6) is 0 Å². The SMILES string of the molecule is CCc1ccc(N2CC(CNC)N(C)CC2=O)cc1. The molecule has 0 aromatic heterocycles. The van der Waals surface area contributed by atoms with Crippen molar-refractivity contribution in [3.8, 4) is 0 Å². The number of hydrogen-bond acceptors (Lipinski definition) is 3. The van der Waals surface area contributed by atoms with Gasteiger partial charge >= 0.3 is 0 Å². The minimum atomic E-state index is 0.180. The van der Waals surface area contributed by atoms with Crippen LogP contribution in [0.1, 0.15) is 12.5 Å². The largest absolute Gasteiger partial charge is 0.318 e. The average Bonchev–Trinajstić information content (AvgIpc) is 2.42. The third-order valence-corrected chi connectivity index (χ3v) is 3.80. The average molecular weight is 261 g/mol. The van der Waals surface area contributed by atoms with E-state index in [0.717, 1.165) is 25.2 Å². The molecular formula is C15H23N3O. The van der Waals surface area contributed by atoms with Crippen molar-refractivity contribution in [1.29, 1.82) is 0 Å². The number of likely N-dealkylation sites (N-methyl/N-ethyl adjacent to an activating group) is 2. The Bertz CT molecular complexity index is 430. The highest BCUT2D eigenvalue weighted by molar-refractivity contribution is 5.95. The van der Waals surface area contributed by atoms with Gasteiger partial charge < -0.3 is 10.2 Å². The first-order valence-corrected chi connectivity index (χ1v) is 6.89.